The summed E-state index contributed by atoms with van der Waals surface area (Å²) in [5, 5.41) is 0. The Balaban J connectivity index is 1.86. The van der Waals surface area contributed by atoms with Crippen LogP contribution in [0.25, 0.3) is 0 Å². The monoisotopic (exact) mass is 124 g/mol. The van der Waals surface area contributed by atoms with Crippen LogP contribution in [-0.4, -0.2) is 13.2 Å². The molecule has 0 aromatic heterocycles. The standard InChI is InChI=1S/C8H12O/c1-9-8-5-3-2-4-6(5)7(4)8/h4-8H,2-3H2,1H3/t4-,5-,6+,7-,8-/m1/s1. The Kier molecular flexibility index (Phi) is 0.628. The molecule has 0 aromatic rings. The third-order valence-corrected chi connectivity index (χ3v) is 3.69. The van der Waals surface area contributed by atoms with Crippen molar-refractivity contribution in [1.82, 2.24) is 0 Å². The number of fused-ring (bicyclic) bond motifs is 1. The Morgan fingerprint density at radius 2 is 1.89 bits per heavy atom. The molecule has 0 aromatic carbocycles. The molecule has 1 nitrogen and oxygen atoms in total. The first-order valence-corrected chi connectivity index (χ1v) is 3.96. The van der Waals surface area contributed by atoms with E-state index in [4.69, 9.17) is 4.74 Å². The van der Waals surface area contributed by atoms with Gasteiger partial charge in [0.05, 0.1) is 6.10 Å². The molecule has 5 atom stereocenters. The topological polar surface area (TPSA) is 9.23 Å². The van der Waals surface area contributed by atoms with Crippen LogP contribution in [0.5, 0.6) is 0 Å². The van der Waals surface area contributed by atoms with Crippen molar-refractivity contribution in [2.75, 3.05) is 7.11 Å². The molecular weight excluding hydrogens is 112 g/mol. The molecule has 3 saturated carbocycles. The number of methoxy groups -OCH3 is 1. The van der Waals surface area contributed by atoms with E-state index in [1.165, 1.54) is 12.8 Å². The number of ether oxygens (including phenoxy) is 1. The summed E-state index contributed by atoms with van der Waals surface area (Å²) in [5.74, 6) is 4.26. The van der Waals surface area contributed by atoms with E-state index >= 15 is 0 Å². The molecule has 0 saturated heterocycles. The molecule has 0 aliphatic heterocycles. The minimum atomic E-state index is 0.689. The van der Waals surface area contributed by atoms with Crippen LogP contribution in [0.15, 0.2) is 0 Å². The smallest absolute Gasteiger partial charge is 0.0636 e. The average molecular weight is 124 g/mol. The normalized spacial score (nSPS) is 67.0. The van der Waals surface area contributed by atoms with Gasteiger partial charge >= 0.3 is 0 Å². The van der Waals surface area contributed by atoms with Crippen LogP contribution in [0, 0.1) is 23.7 Å². The Morgan fingerprint density at radius 1 is 1.11 bits per heavy atom. The van der Waals surface area contributed by atoms with Gasteiger partial charge in [-0.2, -0.15) is 0 Å². The average Bonchev–Trinajstić information content (AvgIpc) is 2.31. The first-order chi connectivity index (χ1) is 4.43. The summed E-state index contributed by atoms with van der Waals surface area (Å²) in [6.45, 7) is 0. The largest absolute Gasteiger partial charge is 0.381 e. The molecular formula is C8H12O. The summed E-state index contributed by atoms with van der Waals surface area (Å²) in [6, 6.07) is 0. The fourth-order valence-corrected chi connectivity index (χ4v) is 3.31. The van der Waals surface area contributed by atoms with E-state index in [0.29, 0.717) is 6.10 Å². The lowest BCUT2D eigenvalue weighted by Crippen LogP contribution is -2.37. The van der Waals surface area contributed by atoms with E-state index < -0.39 is 0 Å². The van der Waals surface area contributed by atoms with E-state index in [1.54, 1.807) is 0 Å². The van der Waals surface area contributed by atoms with Gasteiger partial charge in [0, 0.05) is 7.11 Å². The number of hydrogen-bond acceptors (Lipinski definition) is 1. The van der Waals surface area contributed by atoms with Crippen LogP contribution in [0.2, 0.25) is 0 Å². The SMILES string of the molecule is CO[C@@H]1[C@@H]2CC[C@@H]3[C@@H]2[C@@H]31. The zero-order valence-corrected chi connectivity index (χ0v) is 5.71. The number of hydrogen-bond donors (Lipinski definition) is 0. The molecule has 9 heavy (non-hydrogen) atoms. The first kappa shape index (κ1) is 4.73. The van der Waals surface area contributed by atoms with Gasteiger partial charge in [0.15, 0.2) is 0 Å². The Morgan fingerprint density at radius 3 is 2.22 bits per heavy atom. The lowest BCUT2D eigenvalue weighted by atomic mass is 9.79. The zero-order valence-electron chi connectivity index (χ0n) is 5.71. The lowest BCUT2D eigenvalue weighted by molar-refractivity contribution is -0.0352. The van der Waals surface area contributed by atoms with E-state index in [2.05, 4.69) is 0 Å². The van der Waals surface area contributed by atoms with Crippen LogP contribution in [0.4, 0.5) is 0 Å². The summed E-state index contributed by atoms with van der Waals surface area (Å²) < 4.78 is 5.37. The molecule has 0 N–H and O–H groups in total. The first-order valence-electron chi connectivity index (χ1n) is 3.96. The zero-order chi connectivity index (χ0) is 6.01. The summed E-state index contributed by atoms with van der Waals surface area (Å²) in [4.78, 5) is 0. The highest BCUT2D eigenvalue weighted by atomic mass is 16.5. The van der Waals surface area contributed by atoms with Crippen LogP contribution in [0.3, 0.4) is 0 Å². The molecule has 3 aliphatic rings. The minimum absolute atomic E-state index is 0.689. The molecule has 3 aliphatic carbocycles. The van der Waals surface area contributed by atoms with Gasteiger partial charge in [-0.15, -0.1) is 0 Å². The van der Waals surface area contributed by atoms with E-state index in [9.17, 15) is 0 Å². The molecule has 0 radical (unpaired) electrons. The minimum Gasteiger partial charge on any atom is -0.381 e. The fourth-order valence-electron chi connectivity index (χ4n) is 3.31. The molecule has 3 rings (SSSR count). The van der Waals surface area contributed by atoms with Crippen molar-refractivity contribution in [3.8, 4) is 0 Å². The van der Waals surface area contributed by atoms with Gasteiger partial charge < -0.3 is 4.74 Å². The van der Waals surface area contributed by atoms with Gasteiger partial charge in [0.1, 0.15) is 0 Å². The van der Waals surface area contributed by atoms with Crippen molar-refractivity contribution in [2.45, 2.75) is 18.9 Å². The van der Waals surface area contributed by atoms with Gasteiger partial charge in [0.25, 0.3) is 0 Å². The highest BCUT2D eigenvalue weighted by molar-refractivity contribution is 5.20. The van der Waals surface area contributed by atoms with Crippen molar-refractivity contribution < 1.29 is 4.74 Å². The molecule has 0 amide bonds. The van der Waals surface area contributed by atoms with Crippen LogP contribution in [0.1, 0.15) is 12.8 Å². The molecule has 1 heteroatoms. The van der Waals surface area contributed by atoms with Crippen molar-refractivity contribution in [3.05, 3.63) is 0 Å². The molecule has 50 valence electrons. The lowest BCUT2D eigenvalue weighted by Gasteiger charge is -2.34. The predicted molar refractivity (Wildman–Crippen MR) is 34.0 cm³/mol. The maximum atomic E-state index is 5.37. The van der Waals surface area contributed by atoms with Crippen LogP contribution < -0.4 is 0 Å². The predicted octanol–water partition coefficient (Wildman–Crippen LogP) is 1.29. The Bertz CT molecular complexity index is 151. The second-order valence-electron chi connectivity index (χ2n) is 3.76. The third kappa shape index (κ3) is 0.337. The maximum Gasteiger partial charge on any atom is 0.0636 e. The molecule has 0 unspecified atom stereocenters. The Hall–Kier alpha value is -0.0400. The highest BCUT2D eigenvalue weighted by Gasteiger charge is 2.72. The van der Waals surface area contributed by atoms with E-state index in [1.807, 2.05) is 7.11 Å². The van der Waals surface area contributed by atoms with Crippen LogP contribution in [-0.2, 0) is 4.74 Å². The molecule has 0 bridgehead atoms. The van der Waals surface area contributed by atoms with E-state index in [0.717, 1.165) is 23.7 Å². The third-order valence-electron chi connectivity index (χ3n) is 3.69. The van der Waals surface area contributed by atoms with Gasteiger partial charge in [-0.05, 0) is 36.5 Å². The van der Waals surface area contributed by atoms with Gasteiger partial charge in [-0.3, -0.25) is 0 Å². The van der Waals surface area contributed by atoms with E-state index in [-0.39, 0.29) is 0 Å². The summed E-state index contributed by atoms with van der Waals surface area (Å²) >= 11 is 0. The summed E-state index contributed by atoms with van der Waals surface area (Å²) in [7, 11) is 1.87. The maximum absolute atomic E-state index is 5.37. The molecule has 0 heterocycles. The second-order valence-corrected chi connectivity index (χ2v) is 3.76. The van der Waals surface area contributed by atoms with Gasteiger partial charge in [-0.25, -0.2) is 0 Å². The van der Waals surface area contributed by atoms with Crippen molar-refractivity contribution in [3.63, 3.8) is 0 Å². The summed E-state index contributed by atoms with van der Waals surface area (Å²) in [5.41, 5.74) is 0. The Labute approximate surface area is 55.4 Å². The van der Waals surface area contributed by atoms with Crippen LogP contribution >= 0.6 is 0 Å². The van der Waals surface area contributed by atoms with Crippen molar-refractivity contribution >= 4 is 0 Å². The molecule has 0 spiro atoms. The van der Waals surface area contributed by atoms with Gasteiger partial charge in [-0.1, -0.05) is 0 Å². The van der Waals surface area contributed by atoms with Gasteiger partial charge in [0.2, 0.25) is 0 Å². The fraction of sp³-hybridized carbons (Fsp3) is 1.00. The molecule has 3 fully saturated rings. The summed E-state index contributed by atoms with van der Waals surface area (Å²) in [6.07, 6.45) is 3.67. The van der Waals surface area contributed by atoms with Crippen molar-refractivity contribution in [1.29, 1.82) is 0 Å². The second kappa shape index (κ2) is 1.20. The van der Waals surface area contributed by atoms with Crippen molar-refractivity contribution in [2.24, 2.45) is 23.7 Å². The quantitative estimate of drug-likeness (QED) is 0.511. The highest BCUT2D eigenvalue weighted by Crippen LogP contribution is 2.73. The number of rotatable bonds is 1.